The molecule has 0 aliphatic heterocycles. The van der Waals surface area contributed by atoms with Gasteiger partial charge in [-0.15, -0.1) is 0 Å². The van der Waals surface area contributed by atoms with E-state index in [1.807, 2.05) is 25.1 Å². The Morgan fingerprint density at radius 3 is 2.30 bits per heavy atom. The van der Waals surface area contributed by atoms with Gasteiger partial charge in [0.05, 0.1) is 11.7 Å². The Kier molecular flexibility index (Phi) is 7.64. The third-order valence-electron chi connectivity index (χ3n) is 7.16. The highest BCUT2D eigenvalue weighted by Crippen LogP contribution is 2.44. The lowest BCUT2D eigenvalue weighted by Crippen LogP contribution is -2.19. The lowest BCUT2D eigenvalue weighted by atomic mass is 9.99. The third-order valence-corrected chi connectivity index (χ3v) is 7.16. The second kappa shape index (κ2) is 11.1. The first-order valence-electron chi connectivity index (χ1n) is 13.1. The maximum Gasteiger partial charge on any atom is 0.435 e. The van der Waals surface area contributed by atoms with Gasteiger partial charge in [-0.2, -0.15) is 18.3 Å². The second-order valence-corrected chi connectivity index (χ2v) is 10.0. The van der Waals surface area contributed by atoms with Crippen LogP contribution in [0.3, 0.4) is 0 Å². The van der Waals surface area contributed by atoms with Crippen molar-refractivity contribution in [3.63, 3.8) is 0 Å². The van der Waals surface area contributed by atoms with E-state index in [0.29, 0.717) is 29.4 Å². The van der Waals surface area contributed by atoms with Crippen LogP contribution >= 0.6 is 0 Å². The molecule has 1 unspecified atom stereocenters. The molecule has 1 aliphatic carbocycles. The molecular weight excluding hydrogens is 517 g/mol. The molecule has 10 heteroatoms. The molecule has 5 rings (SSSR count). The number of aromatic nitrogens is 2. The normalized spacial score (nSPS) is 14.2. The molecule has 1 fully saturated rings. The van der Waals surface area contributed by atoms with E-state index in [-0.39, 0.29) is 18.3 Å². The van der Waals surface area contributed by atoms with Crippen molar-refractivity contribution in [3.8, 4) is 5.69 Å². The van der Waals surface area contributed by atoms with E-state index < -0.39 is 17.8 Å². The largest absolute Gasteiger partial charge is 0.435 e. The highest BCUT2D eigenvalue weighted by molar-refractivity contribution is 6.04. The van der Waals surface area contributed by atoms with E-state index in [1.165, 1.54) is 0 Å². The van der Waals surface area contributed by atoms with E-state index in [9.17, 15) is 18.0 Å². The summed E-state index contributed by atoms with van der Waals surface area (Å²) in [4.78, 5) is 13.4. The van der Waals surface area contributed by atoms with Gasteiger partial charge in [-0.3, -0.25) is 4.79 Å². The molecule has 1 amide bonds. The van der Waals surface area contributed by atoms with Crippen LogP contribution in [0.1, 0.15) is 57.3 Å². The Morgan fingerprint density at radius 2 is 1.62 bits per heavy atom. The SMILES string of the molecule is Cc1c(NC(=O)c2cc(C(F)(F)F)nn2-c2cccc(CN)c2)cccc1NC(c1cccc(CN)c1)C1CC1. The standard InChI is InChI=1S/C30H31F3N6O/c1-18-24(36-28(21-11-12-21)22-7-2-5-19(13-22)16-34)9-4-10-25(18)37-29(40)26-15-27(30(31,32)33)38-39(26)23-8-3-6-20(14-23)17-35/h2-10,13-15,21,28,36H,11-12,16-17,34-35H2,1H3,(H,37,40). The Morgan fingerprint density at radius 1 is 0.975 bits per heavy atom. The van der Waals surface area contributed by atoms with Crippen molar-refractivity contribution >= 4 is 17.3 Å². The highest BCUT2D eigenvalue weighted by Gasteiger charge is 2.36. The molecule has 1 saturated carbocycles. The Balaban J connectivity index is 1.44. The molecular formula is C30H31F3N6O. The summed E-state index contributed by atoms with van der Waals surface area (Å²) in [7, 11) is 0. The number of halogens is 3. The van der Waals surface area contributed by atoms with Crippen molar-refractivity contribution < 1.29 is 18.0 Å². The topological polar surface area (TPSA) is 111 Å². The summed E-state index contributed by atoms with van der Waals surface area (Å²) in [5.41, 5.74) is 15.4. The van der Waals surface area contributed by atoms with Gasteiger partial charge < -0.3 is 22.1 Å². The minimum absolute atomic E-state index is 0.0711. The van der Waals surface area contributed by atoms with Crippen LogP contribution in [0, 0.1) is 12.8 Å². The number of hydrogen-bond acceptors (Lipinski definition) is 5. The number of hydrogen-bond donors (Lipinski definition) is 4. The maximum absolute atomic E-state index is 13.6. The van der Waals surface area contributed by atoms with Gasteiger partial charge in [0.15, 0.2) is 5.69 Å². The number of nitrogens with zero attached hydrogens (tertiary/aromatic N) is 2. The zero-order valence-corrected chi connectivity index (χ0v) is 22.0. The average Bonchev–Trinajstić information content (AvgIpc) is 3.68. The van der Waals surface area contributed by atoms with Gasteiger partial charge in [0.2, 0.25) is 0 Å². The molecule has 0 spiro atoms. The van der Waals surface area contributed by atoms with E-state index in [0.717, 1.165) is 46.0 Å². The number of carbonyl (C=O) groups is 1. The molecule has 1 heterocycles. The number of benzene rings is 3. The van der Waals surface area contributed by atoms with Gasteiger partial charge in [0.25, 0.3) is 5.91 Å². The summed E-state index contributed by atoms with van der Waals surface area (Å²) in [6.45, 7) is 2.51. The van der Waals surface area contributed by atoms with Crippen molar-refractivity contribution in [1.29, 1.82) is 0 Å². The number of amides is 1. The number of anilines is 2. The quantitative estimate of drug-likeness (QED) is 0.207. The lowest BCUT2D eigenvalue weighted by molar-refractivity contribution is -0.141. The van der Waals surface area contributed by atoms with Crippen molar-refractivity contribution in [1.82, 2.24) is 9.78 Å². The molecule has 0 saturated heterocycles. The number of nitrogens with two attached hydrogens (primary N) is 2. The van der Waals surface area contributed by atoms with Crippen LogP contribution in [0.5, 0.6) is 0 Å². The van der Waals surface area contributed by atoms with Crippen LogP contribution in [-0.2, 0) is 19.3 Å². The molecule has 4 aromatic rings. The van der Waals surface area contributed by atoms with Crippen LogP contribution in [0.4, 0.5) is 24.5 Å². The van der Waals surface area contributed by atoms with Crippen LogP contribution in [0.2, 0.25) is 0 Å². The first-order chi connectivity index (χ1) is 19.2. The molecule has 208 valence electrons. The predicted molar refractivity (Wildman–Crippen MR) is 149 cm³/mol. The number of nitrogens with one attached hydrogen (secondary N) is 2. The van der Waals surface area contributed by atoms with Crippen LogP contribution < -0.4 is 22.1 Å². The predicted octanol–water partition coefficient (Wildman–Crippen LogP) is 5.93. The van der Waals surface area contributed by atoms with Gasteiger partial charge in [-0.05, 0) is 72.2 Å². The van der Waals surface area contributed by atoms with Gasteiger partial charge in [-0.25, -0.2) is 4.68 Å². The monoisotopic (exact) mass is 548 g/mol. The molecule has 6 N–H and O–H groups in total. The molecule has 1 atom stereocenters. The van der Waals surface area contributed by atoms with Crippen molar-refractivity contribution in [2.24, 2.45) is 17.4 Å². The fourth-order valence-corrected chi connectivity index (χ4v) is 4.79. The van der Waals surface area contributed by atoms with E-state index in [1.54, 1.807) is 36.4 Å². The molecule has 1 aliphatic rings. The fraction of sp³-hybridized carbons (Fsp3) is 0.267. The summed E-state index contributed by atoms with van der Waals surface area (Å²) >= 11 is 0. The third kappa shape index (κ3) is 5.88. The van der Waals surface area contributed by atoms with Crippen molar-refractivity contribution in [2.45, 2.75) is 45.1 Å². The Hall–Kier alpha value is -4.15. The van der Waals surface area contributed by atoms with Gasteiger partial charge in [0, 0.05) is 30.5 Å². The Bertz CT molecular complexity index is 1530. The Labute approximate surface area is 230 Å². The average molecular weight is 549 g/mol. The molecule has 40 heavy (non-hydrogen) atoms. The molecule has 0 radical (unpaired) electrons. The van der Waals surface area contributed by atoms with Crippen molar-refractivity contribution in [3.05, 3.63) is 106 Å². The highest BCUT2D eigenvalue weighted by atomic mass is 19.4. The zero-order valence-electron chi connectivity index (χ0n) is 22.0. The summed E-state index contributed by atoms with van der Waals surface area (Å²) in [6.07, 6.45) is -2.50. The van der Waals surface area contributed by atoms with Crippen LogP contribution in [-0.4, -0.2) is 15.7 Å². The minimum Gasteiger partial charge on any atom is -0.378 e. The van der Waals surface area contributed by atoms with Crippen LogP contribution in [0.15, 0.2) is 72.8 Å². The summed E-state index contributed by atoms with van der Waals surface area (Å²) in [6, 6.07) is 21.1. The number of carbonyl (C=O) groups excluding carboxylic acids is 1. The first kappa shape index (κ1) is 27.4. The zero-order chi connectivity index (χ0) is 28.4. The fourth-order valence-electron chi connectivity index (χ4n) is 4.79. The van der Waals surface area contributed by atoms with E-state index >= 15 is 0 Å². The number of alkyl halides is 3. The summed E-state index contributed by atoms with van der Waals surface area (Å²) in [5, 5.41) is 10.1. The smallest absolute Gasteiger partial charge is 0.378 e. The second-order valence-electron chi connectivity index (χ2n) is 10.0. The first-order valence-corrected chi connectivity index (χ1v) is 13.1. The number of rotatable bonds is 9. The molecule has 7 nitrogen and oxygen atoms in total. The minimum atomic E-state index is -4.72. The van der Waals surface area contributed by atoms with Gasteiger partial charge in [0.1, 0.15) is 5.69 Å². The maximum atomic E-state index is 13.6. The molecule has 3 aromatic carbocycles. The lowest BCUT2D eigenvalue weighted by Gasteiger charge is -2.23. The summed E-state index contributed by atoms with van der Waals surface area (Å²) in [5.74, 6) is -0.235. The van der Waals surface area contributed by atoms with Gasteiger partial charge in [-0.1, -0.05) is 42.5 Å². The van der Waals surface area contributed by atoms with E-state index in [4.69, 9.17) is 11.5 Å². The molecule has 0 bridgehead atoms. The van der Waals surface area contributed by atoms with Crippen molar-refractivity contribution in [2.75, 3.05) is 10.6 Å². The van der Waals surface area contributed by atoms with Crippen LogP contribution in [0.25, 0.3) is 5.69 Å². The van der Waals surface area contributed by atoms with Gasteiger partial charge >= 0.3 is 6.18 Å². The molecule has 1 aromatic heterocycles. The van der Waals surface area contributed by atoms with E-state index in [2.05, 4.69) is 27.9 Å². The summed E-state index contributed by atoms with van der Waals surface area (Å²) < 4.78 is 41.8.